The van der Waals surface area contributed by atoms with Crippen molar-refractivity contribution in [3.05, 3.63) is 30.6 Å². The van der Waals surface area contributed by atoms with Crippen molar-refractivity contribution in [3.8, 4) is 0 Å². The van der Waals surface area contributed by atoms with Gasteiger partial charge in [-0.15, -0.1) is 0 Å². The van der Waals surface area contributed by atoms with Crippen LogP contribution in [0.3, 0.4) is 0 Å². The molecule has 0 saturated carbocycles. The second-order valence-corrected chi connectivity index (χ2v) is 6.40. The molecule has 4 rings (SSSR count). The van der Waals surface area contributed by atoms with Crippen LogP contribution in [-0.2, 0) is 7.05 Å². The maximum absolute atomic E-state index is 12.5. The molecule has 23 heavy (non-hydrogen) atoms. The third-order valence-electron chi connectivity index (χ3n) is 5.08. The fraction of sp³-hybridized carbons (Fsp3) is 0.444. The molecule has 0 N–H and O–H groups in total. The quantitative estimate of drug-likeness (QED) is 0.739. The summed E-state index contributed by atoms with van der Waals surface area (Å²) in [6.07, 6.45) is 6.54. The van der Waals surface area contributed by atoms with Gasteiger partial charge in [-0.25, -0.2) is 4.98 Å². The minimum atomic E-state index is -0.196. The van der Waals surface area contributed by atoms with Crippen LogP contribution in [0.5, 0.6) is 0 Å². The molecular formula is C18H21FN4. The molecule has 1 saturated heterocycles. The Morgan fingerprint density at radius 2 is 2.00 bits per heavy atom. The molecule has 4 nitrogen and oxygen atoms in total. The number of aromatic nitrogens is 3. The SMILES string of the molecule is Cn1c2ccncc2c2ccc(N3CCC(CCF)CC3)nc21. The minimum Gasteiger partial charge on any atom is -0.357 e. The molecule has 0 aromatic carbocycles. The second kappa shape index (κ2) is 5.80. The number of aryl methyl sites for hydroxylation is 1. The van der Waals surface area contributed by atoms with Crippen LogP contribution in [0.15, 0.2) is 30.6 Å². The highest BCUT2D eigenvalue weighted by molar-refractivity contribution is 6.06. The Morgan fingerprint density at radius 1 is 1.17 bits per heavy atom. The number of fused-ring (bicyclic) bond motifs is 3. The standard InChI is InChI=1S/C18H21FN4/c1-22-16-5-9-20-12-15(16)14-2-3-17(21-18(14)22)23-10-6-13(4-8-19)7-11-23/h2-3,5,9,12-13H,4,6-8,10-11H2,1H3. The van der Waals surface area contributed by atoms with Gasteiger partial charge >= 0.3 is 0 Å². The number of nitrogens with zero attached hydrogens (tertiary/aromatic N) is 4. The van der Waals surface area contributed by atoms with E-state index in [9.17, 15) is 4.39 Å². The highest BCUT2D eigenvalue weighted by atomic mass is 19.1. The summed E-state index contributed by atoms with van der Waals surface area (Å²) in [6, 6.07) is 6.28. The summed E-state index contributed by atoms with van der Waals surface area (Å²) in [5.74, 6) is 1.55. The molecule has 0 aliphatic carbocycles. The summed E-state index contributed by atoms with van der Waals surface area (Å²) in [4.78, 5) is 11.4. The molecule has 4 heterocycles. The van der Waals surface area contributed by atoms with E-state index in [0.29, 0.717) is 12.3 Å². The predicted octanol–water partition coefficient (Wildman–Crippen LogP) is 3.70. The number of pyridine rings is 2. The van der Waals surface area contributed by atoms with E-state index < -0.39 is 0 Å². The van der Waals surface area contributed by atoms with Gasteiger partial charge in [-0.3, -0.25) is 9.37 Å². The largest absolute Gasteiger partial charge is 0.357 e. The molecular weight excluding hydrogens is 291 g/mol. The normalized spacial score (nSPS) is 16.5. The van der Waals surface area contributed by atoms with Gasteiger partial charge in [0.05, 0.1) is 12.2 Å². The van der Waals surface area contributed by atoms with E-state index in [1.54, 1.807) is 0 Å². The number of rotatable bonds is 3. The van der Waals surface area contributed by atoms with Crippen LogP contribution in [0, 0.1) is 5.92 Å². The molecule has 0 spiro atoms. The molecule has 0 radical (unpaired) electrons. The lowest BCUT2D eigenvalue weighted by atomic mass is 9.94. The molecule has 5 heteroatoms. The van der Waals surface area contributed by atoms with Crippen molar-refractivity contribution in [2.75, 3.05) is 24.7 Å². The van der Waals surface area contributed by atoms with Crippen LogP contribution in [0.25, 0.3) is 21.9 Å². The van der Waals surface area contributed by atoms with Crippen molar-refractivity contribution in [1.82, 2.24) is 14.5 Å². The molecule has 0 amide bonds. The minimum absolute atomic E-state index is 0.196. The molecule has 120 valence electrons. The zero-order valence-corrected chi connectivity index (χ0v) is 13.4. The number of hydrogen-bond donors (Lipinski definition) is 0. The summed E-state index contributed by atoms with van der Waals surface area (Å²) in [6.45, 7) is 1.74. The van der Waals surface area contributed by atoms with Crippen LogP contribution in [0.1, 0.15) is 19.3 Å². The van der Waals surface area contributed by atoms with Gasteiger partial charge in [0.25, 0.3) is 0 Å². The molecule has 0 unspecified atom stereocenters. The molecule has 0 atom stereocenters. The Balaban J connectivity index is 1.67. The lowest BCUT2D eigenvalue weighted by molar-refractivity contribution is 0.332. The van der Waals surface area contributed by atoms with Gasteiger partial charge < -0.3 is 9.47 Å². The summed E-state index contributed by atoms with van der Waals surface area (Å²) >= 11 is 0. The molecule has 0 bridgehead atoms. The molecule has 3 aromatic heterocycles. The van der Waals surface area contributed by atoms with Crippen molar-refractivity contribution in [3.63, 3.8) is 0 Å². The smallest absolute Gasteiger partial charge is 0.143 e. The molecule has 1 aliphatic heterocycles. The van der Waals surface area contributed by atoms with Gasteiger partial charge in [-0.2, -0.15) is 0 Å². The highest BCUT2D eigenvalue weighted by Crippen LogP contribution is 2.30. The third kappa shape index (κ3) is 2.44. The Morgan fingerprint density at radius 3 is 2.78 bits per heavy atom. The van der Waals surface area contributed by atoms with Gasteiger partial charge in [0.15, 0.2) is 0 Å². The van der Waals surface area contributed by atoms with Crippen LogP contribution >= 0.6 is 0 Å². The van der Waals surface area contributed by atoms with Gasteiger partial charge in [-0.1, -0.05) is 0 Å². The number of alkyl halides is 1. The first kappa shape index (κ1) is 14.4. The Hall–Kier alpha value is -2.17. The van der Waals surface area contributed by atoms with Crippen molar-refractivity contribution in [2.45, 2.75) is 19.3 Å². The maximum atomic E-state index is 12.5. The van der Waals surface area contributed by atoms with Crippen molar-refractivity contribution in [2.24, 2.45) is 13.0 Å². The van der Waals surface area contributed by atoms with Gasteiger partial charge in [0, 0.05) is 43.3 Å². The average molecular weight is 312 g/mol. The number of anilines is 1. The second-order valence-electron chi connectivity index (χ2n) is 6.40. The van der Waals surface area contributed by atoms with Gasteiger partial charge in [0.1, 0.15) is 11.5 Å². The van der Waals surface area contributed by atoms with Crippen LogP contribution in [0.2, 0.25) is 0 Å². The molecule has 1 aliphatic rings. The van der Waals surface area contributed by atoms with E-state index in [2.05, 4.69) is 33.6 Å². The molecule has 3 aromatic rings. The average Bonchev–Trinajstić information content (AvgIpc) is 2.89. The van der Waals surface area contributed by atoms with E-state index in [1.807, 2.05) is 18.5 Å². The summed E-state index contributed by atoms with van der Waals surface area (Å²) < 4.78 is 14.6. The highest BCUT2D eigenvalue weighted by Gasteiger charge is 2.20. The Kier molecular flexibility index (Phi) is 3.63. The maximum Gasteiger partial charge on any atom is 0.143 e. The zero-order valence-electron chi connectivity index (χ0n) is 13.4. The van der Waals surface area contributed by atoms with Gasteiger partial charge in [0.2, 0.25) is 0 Å². The van der Waals surface area contributed by atoms with Crippen molar-refractivity contribution >= 4 is 27.8 Å². The first-order valence-corrected chi connectivity index (χ1v) is 8.28. The van der Waals surface area contributed by atoms with E-state index >= 15 is 0 Å². The lowest BCUT2D eigenvalue weighted by Gasteiger charge is -2.32. The van der Waals surface area contributed by atoms with Crippen LogP contribution < -0.4 is 4.90 Å². The number of halogens is 1. The van der Waals surface area contributed by atoms with Crippen LogP contribution in [-0.4, -0.2) is 34.3 Å². The van der Waals surface area contributed by atoms with Crippen molar-refractivity contribution in [1.29, 1.82) is 0 Å². The Bertz CT molecular complexity index is 834. The van der Waals surface area contributed by atoms with Crippen LogP contribution in [0.4, 0.5) is 10.2 Å². The van der Waals surface area contributed by atoms with E-state index in [0.717, 1.165) is 53.7 Å². The topological polar surface area (TPSA) is 34.0 Å². The number of hydrogen-bond acceptors (Lipinski definition) is 3. The fourth-order valence-corrected chi connectivity index (χ4v) is 3.69. The summed E-state index contributed by atoms with van der Waals surface area (Å²) in [5.41, 5.74) is 2.15. The zero-order chi connectivity index (χ0) is 15.8. The van der Waals surface area contributed by atoms with E-state index in [4.69, 9.17) is 4.98 Å². The summed E-state index contributed by atoms with van der Waals surface area (Å²) in [7, 11) is 2.05. The third-order valence-corrected chi connectivity index (χ3v) is 5.08. The molecule has 1 fully saturated rings. The lowest BCUT2D eigenvalue weighted by Crippen LogP contribution is -2.34. The first-order chi connectivity index (χ1) is 11.3. The van der Waals surface area contributed by atoms with Crippen molar-refractivity contribution < 1.29 is 4.39 Å². The fourth-order valence-electron chi connectivity index (χ4n) is 3.69. The monoisotopic (exact) mass is 312 g/mol. The van der Waals surface area contributed by atoms with E-state index in [-0.39, 0.29) is 6.67 Å². The Labute approximate surface area is 134 Å². The summed E-state index contributed by atoms with van der Waals surface area (Å²) in [5, 5.41) is 2.29. The van der Waals surface area contributed by atoms with E-state index in [1.165, 1.54) is 0 Å². The van der Waals surface area contributed by atoms with Gasteiger partial charge in [-0.05, 0) is 43.4 Å². The number of piperidine rings is 1. The predicted molar refractivity (Wildman–Crippen MR) is 91.5 cm³/mol. The first-order valence-electron chi connectivity index (χ1n) is 8.28.